The van der Waals surface area contributed by atoms with E-state index in [1.165, 1.54) is 0 Å². The summed E-state index contributed by atoms with van der Waals surface area (Å²) in [5, 5.41) is 0. The normalized spacial score (nSPS) is 23.5. The highest BCUT2D eigenvalue weighted by Gasteiger charge is 2.40. The topological polar surface area (TPSA) is 36.9 Å². The van der Waals surface area contributed by atoms with Gasteiger partial charge in [0.1, 0.15) is 0 Å². The minimum atomic E-state index is -2.40. The lowest BCUT2D eigenvalue weighted by atomic mass is 10.7. The molecule has 0 amide bonds. The zero-order valence-electron chi connectivity index (χ0n) is 7.75. The van der Waals surface area contributed by atoms with Crippen LogP contribution in [0.2, 0.25) is 0 Å². The quantitative estimate of drug-likeness (QED) is 0.566. The van der Waals surface area contributed by atoms with Crippen LogP contribution in [-0.2, 0) is 18.0 Å². The lowest BCUT2D eigenvalue weighted by molar-refractivity contribution is -0.0117. The van der Waals surface area contributed by atoms with Gasteiger partial charge in [-0.3, -0.25) is 0 Å². The molecule has 0 aliphatic carbocycles. The van der Waals surface area contributed by atoms with Crippen LogP contribution in [-0.4, -0.2) is 46.8 Å². The van der Waals surface area contributed by atoms with Gasteiger partial charge in [-0.1, -0.05) is 15.9 Å². The zero-order chi connectivity index (χ0) is 9.57. The SMILES string of the molecule is CCO[Si]1(CBr)OCCOCCO1. The first kappa shape index (κ1) is 11.6. The molecule has 0 spiro atoms. The zero-order valence-corrected chi connectivity index (χ0v) is 10.3. The molecule has 0 bridgehead atoms. The Labute approximate surface area is 88.0 Å². The van der Waals surface area contributed by atoms with E-state index in [1.54, 1.807) is 0 Å². The van der Waals surface area contributed by atoms with Gasteiger partial charge in [0.15, 0.2) is 0 Å². The summed E-state index contributed by atoms with van der Waals surface area (Å²) in [4.78, 5) is 0.647. The molecule has 0 unspecified atom stereocenters. The second-order valence-electron chi connectivity index (χ2n) is 2.56. The number of hydrogen-bond acceptors (Lipinski definition) is 4. The van der Waals surface area contributed by atoms with Gasteiger partial charge >= 0.3 is 8.80 Å². The van der Waals surface area contributed by atoms with Crippen LogP contribution in [0.3, 0.4) is 0 Å². The molecule has 0 aromatic heterocycles. The lowest BCUT2D eigenvalue weighted by Gasteiger charge is -2.29. The highest BCUT2D eigenvalue weighted by Crippen LogP contribution is 2.14. The number of alkyl halides is 1. The number of ether oxygens (including phenoxy) is 1. The minimum Gasteiger partial charge on any atom is -0.377 e. The Kier molecular flexibility index (Phi) is 5.45. The predicted molar refractivity (Wildman–Crippen MR) is 53.9 cm³/mol. The fourth-order valence-electron chi connectivity index (χ4n) is 1.07. The molecule has 6 heteroatoms. The van der Waals surface area contributed by atoms with E-state index in [4.69, 9.17) is 18.0 Å². The van der Waals surface area contributed by atoms with Crippen LogP contribution in [0.4, 0.5) is 0 Å². The molecule has 1 saturated heterocycles. The monoisotopic (exact) mass is 270 g/mol. The van der Waals surface area contributed by atoms with Gasteiger partial charge in [-0.05, 0) is 6.92 Å². The van der Waals surface area contributed by atoms with Gasteiger partial charge in [0.2, 0.25) is 0 Å². The molecule has 0 atom stereocenters. The molecule has 13 heavy (non-hydrogen) atoms. The number of rotatable bonds is 3. The third-order valence-corrected chi connectivity index (χ3v) is 6.03. The summed E-state index contributed by atoms with van der Waals surface area (Å²) < 4.78 is 21.9. The molecule has 0 aromatic carbocycles. The molecule has 1 aliphatic rings. The first-order valence-corrected chi connectivity index (χ1v) is 7.44. The van der Waals surface area contributed by atoms with Crippen LogP contribution in [0.5, 0.6) is 0 Å². The number of halogens is 1. The molecular weight excluding hydrogens is 256 g/mol. The summed E-state index contributed by atoms with van der Waals surface area (Å²) in [7, 11) is -2.40. The smallest absolute Gasteiger partial charge is 0.377 e. The molecule has 1 rings (SSSR count). The van der Waals surface area contributed by atoms with Crippen LogP contribution < -0.4 is 0 Å². The van der Waals surface area contributed by atoms with Crippen LogP contribution in [0.1, 0.15) is 6.92 Å². The molecule has 0 radical (unpaired) electrons. The molecule has 1 aliphatic heterocycles. The summed E-state index contributed by atoms with van der Waals surface area (Å²) >= 11 is 3.38. The van der Waals surface area contributed by atoms with E-state index in [9.17, 15) is 0 Å². The van der Waals surface area contributed by atoms with Gasteiger partial charge in [0.25, 0.3) is 0 Å². The Morgan fingerprint density at radius 2 is 1.85 bits per heavy atom. The Morgan fingerprint density at radius 3 is 2.31 bits per heavy atom. The van der Waals surface area contributed by atoms with E-state index in [-0.39, 0.29) is 0 Å². The van der Waals surface area contributed by atoms with E-state index < -0.39 is 8.80 Å². The largest absolute Gasteiger partial charge is 0.512 e. The fraction of sp³-hybridized carbons (Fsp3) is 1.00. The molecule has 1 heterocycles. The molecule has 0 saturated carbocycles. The van der Waals surface area contributed by atoms with Gasteiger partial charge < -0.3 is 18.0 Å². The summed E-state index contributed by atoms with van der Waals surface area (Å²) in [6, 6.07) is 0. The van der Waals surface area contributed by atoms with Gasteiger partial charge in [-0.25, -0.2) is 0 Å². The van der Waals surface area contributed by atoms with E-state index in [0.29, 0.717) is 38.0 Å². The average molecular weight is 271 g/mol. The highest BCUT2D eigenvalue weighted by molar-refractivity contribution is 9.09. The Bertz CT molecular complexity index is 138. The van der Waals surface area contributed by atoms with Crippen molar-refractivity contribution < 1.29 is 18.0 Å². The second kappa shape index (κ2) is 6.10. The van der Waals surface area contributed by atoms with Crippen molar-refractivity contribution in [2.45, 2.75) is 6.92 Å². The Hall–Kier alpha value is 0.537. The average Bonchev–Trinajstić information content (AvgIpc) is 2.10. The van der Waals surface area contributed by atoms with Crippen LogP contribution in [0.15, 0.2) is 0 Å². The standard InChI is InChI=1S/C7H15BrO4Si/c1-2-10-13(7-8)11-5-3-9-4-6-12-13/h2-7H2,1H3. The Balaban J connectivity index is 2.47. The second-order valence-corrected chi connectivity index (χ2v) is 6.74. The van der Waals surface area contributed by atoms with Crippen molar-refractivity contribution in [2.24, 2.45) is 0 Å². The van der Waals surface area contributed by atoms with E-state index in [1.807, 2.05) is 6.92 Å². The summed E-state index contributed by atoms with van der Waals surface area (Å²) in [6.07, 6.45) is 0. The van der Waals surface area contributed by atoms with E-state index >= 15 is 0 Å². The van der Waals surface area contributed by atoms with Crippen LogP contribution >= 0.6 is 15.9 Å². The van der Waals surface area contributed by atoms with Crippen molar-refractivity contribution in [1.82, 2.24) is 0 Å². The third-order valence-electron chi connectivity index (χ3n) is 1.63. The third kappa shape index (κ3) is 3.65. The lowest BCUT2D eigenvalue weighted by Crippen LogP contribution is -2.50. The maximum atomic E-state index is 5.58. The Morgan fingerprint density at radius 1 is 1.23 bits per heavy atom. The van der Waals surface area contributed by atoms with E-state index in [2.05, 4.69) is 15.9 Å². The van der Waals surface area contributed by atoms with Gasteiger partial charge in [0, 0.05) is 6.61 Å². The predicted octanol–water partition coefficient (Wildman–Crippen LogP) is 0.959. The molecule has 1 fully saturated rings. The molecule has 4 nitrogen and oxygen atoms in total. The molecular formula is C7H15BrO4Si. The van der Waals surface area contributed by atoms with Gasteiger partial charge in [0.05, 0.1) is 31.4 Å². The van der Waals surface area contributed by atoms with Crippen molar-refractivity contribution in [3.05, 3.63) is 0 Å². The number of hydrogen-bond donors (Lipinski definition) is 0. The van der Waals surface area contributed by atoms with Gasteiger partial charge in [-0.2, -0.15) is 0 Å². The van der Waals surface area contributed by atoms with Crippen LogP contribution in [0.25, 0.3) is 0 Å². The molecule has 0 N–H and O–H groups in total. The van der Waals surface area contributed by atoms with Crippen molar-refractivity contribution in [1.29, 1.82) is 0 Å². The first-order chi connectivity index (χ1) is 6.33. The van der Waals surface area contributed by atoms with Crippen molar-refractivity contribution in [3.8, 4) is 0 Å². The van der Waals surface area contributed by atoms with Crippen LogP contribution in [0, 0.1) is 0 Å². The van der Waals surface area contributed by atoms with Crippen molar-refractivity contribution in [3.63, 3.8) is 0 Å². The maximum Gasteiger partial charge on any atom is 0.512 e. The minimum absolute atomic E-state index is 0.553. The maximum absolute atomic E-state index is 5.58. The van der Waals surface area contributed by atoms with Crippen molar-refractivity contribution >= 4 is 24.7 Å². The first-order valence-electron chi connectivity index (χ1n) is 4.38. The van der Waals surface area contributed by atoms with Crippen molar-refractivity contribution in [2.75, 3.05) is 38.0 Å². The summed E-state index contributed by atoms with van der Waals surface area (Å²) in [6.45, 7) is 4.92. The van der Waals surface area contributed by atoms with Gasteiger partial charge in [-0.15, -0.1) is 0 Å². The molecule has 0 aromatic rings. The highest BCUT2D eigenvalue weighted by atomic mass is 79.9. The summed E-state index contributed by atoms with van der Waals surface area (Å²) in [5.41, 5.74) is 0. The fourth-order valence-corrected chi connectivity index (χ4v) is 4.24. The summed E-state index contributed by atoms with van der Waals surface area (Å²) in [5.74, 6) is 0. The molecule has 78 valence electrons. The van der Waals surface area contributed by atoms with E-state index in [0.717, 1.165) is 0 Å².